The van der Waals surface area contributed by atoms with Gasteiger partial charge in [-0.25, -0.2) is 4.98 Å². The van der Waals surface area contributed by atoms with E-state index in [1.54, 1.807) is 0 Å². The number of aromatic amines is 1. The lowest BCUT2D eigenvalue weighted by Gasteiger charge is -2.32. The van der Waals surface area contributed by atoms with E-state index in [-0.39, 0.29) is 0 Å². The number of pyridine rings is 1. The van der Waals surface area contributed by atoms with Crippen molar-refractivity contribution in [2.45, 2.75) is 32.7 Å². The molecule has 1 fully saturated rings. The number of fused-ring (bicyclic) bond motifs is 1. The summed E-state index contributed by atoms with van der Waals surface area (Å²) in [6.45, 7) is 5.53. The summed E-state index contributed by atoms with van der Waals surface area (Å²) in [5.74, 6) is 0.717. The van der Waals surface area contributed by atoms with E-state index in [9.17, 15) is 0 Å². The minimum absolute atomic E-state index is 0.717. The predicted octanol–water partition coefficient (Wildman–Crippen LogP) is 3.06. The second-order valence-electron chi connectivity index (χ2n) is 7.09. The summed E-state index contributed by atoms with van der Waals surface area (Å²) in [4.78, 5) is 10.3. The number of hydrogen-bond acceptors (Lipinski definition) is 3. The molecule has 1 N–H and O–H groups in total. The fourth-order valence-electron chi connectivity index (χ4n) is 3.83. The summed E-state index contributed by atoms with van der Waals surface area (Å²) in [5.41, 5.74) is 4.97. The molecule has 1 aliphatic rings. The van der Waals surface area contributed by atoms with Gasteiger partial charge >= 0.3 is 0 Å². The fraction of sp³-hybridized carbons (Fsp3) is 0.474. The molecule has 0 amide bonds. The van der Waals surface area contributed by atoms with Crippen molar-refractivity contribution in [1.29, 1.82) is 0 Å². The smallest absolute Gasteiger partial charge is 0.137 e. The van der Waals surface area contributed by atoms with Gasteiger partial charge in [-0.15, -0.1) is 0 Å². The van der Waals surface area contributed by atoms with Crippen LogP contribution in [0, 0.1) is 12.8 Å². The third-order valence-corrected chi connectivity index (χ3v) is 5.32. The zero-order valence-corrected chi connectivity index (χ0v) is 14.5. The molecule has 0 bridgehead atoms. The molecule has 3 aromatic heterocycles. The van der Waals surface area contributed by atoms with Gasteiger partial charge in [0.25, 0.3) is 0 Å². The molecular formula is C19H25N5. The van der Waals surface area contributed by atoms with Gasteiger partial charge in [-0.3, -0.25) is 9.58 Å². The zero-order chi connectivity index (χ0) is 16.5. The summed E-state index contributed by atoms with van der Waals surface area (Å²) in [6, 6.07) is 4.38. The second kappa shape index (κ2) is 6.40. The van der Waals surface area contributed by atoms with Crippen molar-refractivity contribution in [2.75, 3.05) is 13.1 Å². The van der Waals surface area contributed by atoms with Crippen molar-refractivity contribution >= 4 is 11.0 Å². The molecule has 0 spiro atoms. The Morgan fingerprint density at radius 3 is 3.08 bits per heavy atom. The summed E-state index contributed by atoms with van der Waals surface area (Å²) in [6.07, 6.45) is 9.72. The van der Waals surface area contributed by atoms with Crippen LogP contribution in [0.1, 0.15) is 29.7 Å². The largest absolute Gasteiger partial charge is 0.346 e. The van der Waals surface area contributed by atoms with Gasteiger partial charge in [0, 0.05) is 49.2 Å². The van der Waals surface area contributed by atoms with Crippen LogP contribution in [0.2, 0.25) is 0 Å². The Bertz CT molecular complexity index is 831. The van der Waals surface area contributed by atoms with Crippen molar-refractivity contribution in [2.24, 2.45) is 13.0 Å². The van der Waals surface area contributed by atoms with Gasteiger partial charge < -0.3 is 4.98 Å². The van der Waals surface area contributed by atoms with Gasteiger partial charge in [-0.05, 0) is 56.3 Å². The van der Waals surface area contributed by atoms with Crippen LogP contribution in [0.5, 0.6) is 0 Å². The Kier molecular flexibility index (Phi) is 4.10. The topological polar surface area (TPSA) is 49.7 Å². The summed E-state index contributed by atoms with van der Waals surface area (Å²) in [7, 11) is 2.02. The highest BCUT2D eigenvalue weighted by molar-refractivity contribution is 5.75. The average molecular weight is 323 g/mol. The molecule has 1 aliphatic heterocycles. The molecule has 1 saturated heterocycles. The zero-order valence-electron chi connectivity index (χ0n) is 14.5. The van der Waals surface area contributed by atoms with E-state index in [2.05, 4.69) is 39.0 Å². The van der Waals surface area contributed by atoms with Gasteiger partial charge in [0.15, 0.2) is 0 Å². The molecule has 0 aromatic carbocycles. The molecule has 126 valence electrons. The van der Waals surface area contributed by atoms with Crippen molar-refractivity contribution < 1.29 is 0 Å². The molecule has 3 aromatic rings. The first kappa shape index (κ1) is 15.4. The van der Waals surface area contributed by atoms with Crippen molar-refractivity contribution in [3.05, 3.63) is 47.5 Å². The molecule has 5 heteroatoms. The van der Waals surface area contributed by atoms with Gasteiger partial charge in [-0.2, -0.15) is 5.10 Å². The van der Waals surface area contributed by atoms with Crippen molar-refractivity contribution in [1.82, 2.24) is 24.6 Å². The van der Waals surface area contributed by atoms with Crippen LogP contribution >= 0.6 is 0 Å². The van der Waals surface area contributed by atoms with E-state index in [4.69, 9.17) is 0 Å². The minimum atomic E-state index is 0.717. The molecule has 5 nitrogen and oxygen atoms in total. The van der Waals surface area contributed by atoms with Crippen LogP contribution in [0.25, 0.3) is 11.0 Å². The first-order valence-electron chi connectivity index (χ1n) is 8.81. The Hall–Kier alpha value is -2.14. The monoisotopic (exact) mass is 323 g/mol. The van der Waals surface area contributed by atoms with E-state index in [1.165, 1.54) is 48.1 Å². The highest BCUT2D eigenvalue weighted by atomic mass is 15.3. The SMILES string of the molecule is Cc1c(CN2CCCC(Cc3cnc4[nH]ccc4c3)C2)cnn1C. The van der Waals surface area contributed by atoms with Crippen LogP contribution in [-0.4, -0.2) is 37.7 Å². The lowest BCUT2D eigenvalue weighted by atomic mass is 9.91. The molecule has 0 aliphatic carbocycles. The number of piperidine rings is 1. The standard InChI is InChI=1S/C19H25N5/c1-14-18(11-22-23(14)2)13-24-7-3-4-15(12-24)8-16-9-17-5-6-20-19(17)21-10-16/h5-6,9-11,15H,3-4,7-8,12-13H2,1-2H3,(H,20,21). The maximum atomic E-state index is 4.53. The maximum Gasteiger partial charge on any atom is 0.137 e. The number of H-pyrrole nitrogens is 1. The van der Waals surface area contributed by atoms with Crippen LogP contribution < -0.4 is 0 Å². The Morgan fingerprint density at radius 1 is 1.33 bits per heavy atom. The Morgan fingerprint density at radius 2 is 2.25 bits per heavy atom. The lowest BCUT2D eigenvalue weighted by Crippen LogP contribution is -2.35. The predicted molar refractivity (Wildman–Crippen MR) is 95.7 cm³/mol. The fourth-order valence-corrected chi connectivity index (χ4v) is 3.83. The quantitative estimate of drug-likeness (QED) is 0.803. The Balaban J connectivity index is 1.41. The highest BCUT2D eigenvalue weighted by Crippen LogP contribution is 2.23. The first-order valence-corrected chi connectivity index (χ1v) is 8.81. The normalized spacial score (nSPS) is 19.2. The van der Waals surface area contributed by atoms with Gasteiger partial charge in [-0.1, -0.05) is 0 Å². The minimum Gasteiger partial charge on any atom is -0.346 e. The number of rotatable bonds is 4. The van der Waals surface area contributed by atoms with Gasteiger partial charge in [0.05, 0.1) is 6.20 Å². The van der Waals surface area contributed by atoms with E-state index in [0.717, 1.165) is 18.6 Å². The molecule has 1 unspecified atom stereocenters. The number of nitrogens with zero attached hydrogens (tertiary/aromatic N) is 4. The average Bonchev–Trinajstić information content (AvgIpc) is 3.17. The summed E-state index contributed by atoms with van der Waals surface area (Å²) in [5, 5.41) is 5.59. The summed E-state index contributed by atoms with van der Waals surface area (Å²) < 4.78 is 1.97. The molecule has 0 radical (unpaired) electrons. The van der Waals surface area contributed by atoms with Crippen LogP contribution in [0.4, 0.5) is 0 Å². The first-order chi connectivity index (χ1) is 11.7. The van der Waals surface area contributed by atoms with Crippen LogP contribution in [0.3, 0.4) is 0 Å². The van der Waals surface area contributed by atoms with Crippen LogP contribution in [-0.2, 0) is 20.0 Å². The molecule has 0 saturated carbocycles. The third kappa shape index (κ3) is 3.08. The van der Waals surface area contributed by atoms with E-state index < -0.39 is 0 Å². The van der Waals surface area contributed by atoms with E-state index in [1.807, 2.05) is 30.3 Å². The number of nitrogens with one attached hydrogen (secondary N) is 1. The maximum absolute atomic E-state index is 4.53. The van der Waals surface area contributed by atoms with Crippen molar-refractivity contribution in [3.8, 4) is 0 Å². The van der Waals surface area contributed by atoms with E-state index >= 15 is 0 Å². The van der Waals surface area contributed by atoms with Gasteiger partial charge in [0.2, 0.25) is 0 Å². The number of aryl methyl sites for hydroxylation is 1. The molecule has 4 heterocycles. The summed E-state index contributed by atoms with van der Waals surface area (Å²) >= 11 is 0. The molecule has 24 heavy (non-hydrogen) atoms. The van der Waals surface area contributed by atoms with E-state index in [0.29, 0.717) is 5.92 Å². The molecular weight excluding hydrogens is 298 g/mol. The number of aromatic nitrogens is 4. The number of likely N-dealkylation sites (tertiary alicyclic amines) is 1. The van der Waals surface area contributed by atoms with Crippen LogP contribution in [0.15, 0.2) is 30.7 Å². The molecule has 4 rings (SSSR count). The Labute approximate surface area is 142 Å². The van der Waals surface area contributed by atoms with Crippen molar-refractivity contribution in [3.63, 3.8) is 0 Å². The third-order valence-electron chi connectivity index (χ3n) is 5.32. The lowest BCUT2D eigenvalue weighted by molar-refractivity contribution is 0.166. The second-order valence-corrected chi connectivity index (χ2v) is 7.09. The number of hydrogen-bond donors (Lipinski definition) is 1. The van der Waals surface area contributed by atoms with Gasteiger partial charge in [0.1, 0.15) is 5.65 Å². The highest BCUT2D eigenvalue weighted by Gasteiger charge is 2.21. The molecule has 1 atom stereocenters.